The van der Waals surface area contributed by atoms with Crippen LogP contribution in [0.15, 0.2) is 70.6 Å². The van der Waals surface area contributed by atoms with Crippen LogP contribution < -0.4 is 10.5 Å². The van der Waals surface area contributed by atoms with Gasteiger partial charge in [0.1, 0.15) is 23.4 Å². The van der Waals surface area contributed by atoms with E-state index in [0.717, 1.165) is 12.1 Å². The molecule has 0 fully saturated rings. The fourth-order valence-electron chi connectivity index (χ4n) is 3.69. The van der Waals surface area contributed by atoms with Gasteiger partial charge in [-0.15, -0.1) is 0 Å². The van der Waals surface area contributed by atoms with E-state index in [0.29, 0.717) is 39.1 Å². The van der Waals surface area contributed by atoms with Crippen molar-refractivity contribution in [2.24, 2.45) is 5.73 Å². The number of aliphatic carboxylic acids is 1. The standard InChI is InChI=1S/C24H21FN2O5S/c1-13-9-15(22(26)24(28)29)10-14(2)23(13)32-17-5-8-20-19(11-17)21(12-27-20)33(30,31)18-6-3-16(25)4-7-18/h3-12,22,27H,26H2,1-2H3,(H,28,29)/t22-/m1/s1. The van der Waals surface area contributed by atoms with Crippen molar-refractivity contribution in [3.05, 3.63) is 83.3 Å². The lowest BCUT2D eigenvalue weighted by molar-refractivity contribution is -0.138. The largest absolute Gasteiger partial charge is 0.480 e. The van der Waals surface area contributed by atoms with Crippen LogP contribution in [0.4, 0.5) is 4.39 Å². The molecule has 1 aromatic heterocycles. The SMILES string of the molecule is Cc1cc([C@@H](N)C(=O)O)cc(C)c1Oc1ccc2[nH]cc(S(=O)(=O)c3ccc(F)cc3)c2c1. The van der Waals surface area contributed by atoms with Crippen LogP contribution in [-0.2, 0) is 14.6 Å². The maximum absolute atomic E-state index is 13.3. The van der Waals surface area contributed by atoms with Gasteiger partial charge in [-0.05, 0) is 73.0 Å². The third-order valence-corrected chi connectivity index (χ3v) is 7.17. The minimum Gasteiger partial charge on any atom is -0.480 e. The average Bonchev–Trinajstić information content (AvgIpc) is 3.20. The van der Waals surface area contributed by atoms with Crippen LogP contribution in [-0.4, -0.2) is 24.5 Å². The van der Waals surface area contributed by atoms with Crippen molar-refractivity contribution >= 4 is 26.7 Å². The van der Waals surface area contributed by atoms with Crippen molar-refractivity contribution in [1.29, 1.82) is 0 Å². The summed E-state index contributed by atoms with van der Waals surface area (Å²) in [5, 5.41) is 9.59. The molecule has 0 aliphatic heterocycles. The Kier molecular flexibility index (Phi) is 5.69. The first kappa shape index (κ1) is 22.5. The van der Waals surface area contributed by atoms with Crippen LogP contribution in [0.2, 0.25) is 0 Å². The molecule has 0 spiro atoms. The van der Waals surface area contributed by atoms with E-state index in [-0.39, 0.29) is 9.79 Å². The molecule has 0 saturated heterocycles. The van der Waals surface area contributed by atoms with E-state index in [1.54, 1.807) is 44.2 Å². The van der Waals surface area contributed by atoms with Gasteiger partial charge in [-0.3, -0.25) is 4.79 Å². The number of hydrogen-bond acceptors (Lipinski definition) is 5. The van der Waals surface area contributed by atoms with Crippen LogP contribution in [0.3, 0.4) is 0 Å². The van der Waals surface area contributed by atoms with Gasteiger partial charge < -0.3 is 20.6 Å². The summed E-state index contributed by atoms with van der Waals surface area (Å²) in [6.07, 6.45) is 1.39. The number of benzene rings is 3. The molecule has 4 aromatic rings. The molecule has 0 radical (unpaired) electrons. The Balaban J connectivity index is 1.73. The smallest absolute Gasteiger partial charge is 0.325 e. The van der Waals surface area contributed by atoms with E-state index >= 15 is 0 Å². The number of nitrogens with two attached hydrogens (primary N) is 1. The highest BCUT2D eigenvalue weighted by molar-refractivity contribution is 7.91. The molecular weight excluding hydrogens is 447 g/mol. The van der Waals surface area contributed by atoms with Gasteiger partial charge in [0.15, 0.2) is 0 Å². The molecule has 1 heterocycles. The first-order valence-corrected chi connectivity index (χ1v) is 11.5. The fraction of sp³-hybridized carbons (Fsp3) is 0.125. The van der Waals surface area contributed by atoms with Gasteiger partial charge in [0, 0.05) is 17.1 Å². The van der Waals surface area contributed by atoms with Crippen molar-refractivity contribution < 1.29 is 27.4 Å². The summed E-state index contributed by atoms with van der Waals surface area (Å²) < 4.78 is 45.5. The van der Waals surface area contributed by atoms with E-state index in [1.165, 1.54) is 18.3 Å². The second-order valence-corrected chi connectivity index (χ2v) is 9.64. The Morgan fingerprint density at radius 3 is 2.30 bits per heavy atom. The monoisotopic (exact) mass is 468 g/mol. The zero-order valence-electron chi connectivity index (χ0n) is 17.8. The molecule has 1 atom stereocenters. The number of ether oxygens (including phenoxy) is 1. The van der Waals surface area contributed by atoms with Crippen LogP contribution in [0.1, 0.15) is 22.7 Å². The number of nitrogens with one attached hydrogen (secondary N) is 1. The van der Waals surface area contributed by atoms with Crippen LogP contribution in [0.25, 0.3) is 10.9 Å². The van der Waals surface area contributed by atoms with Crippen LogP contribution >= 0.6 is 0 Å². The minimum absolute atomic E-state index is 0.0202. The first-order chi connectivity index (χ1) is 15.6. The Labute approximate surface area is 189 Å². The number of halogens is 1. The van der Waals surface area contributed by atoms with E-state index in [2.05, 4.69) is 4.98 Å². The number of carboxylic acid groups (broad SMARTS) is 1. The van der Waals surface area contributed by atoms with E-state index in [4.69, 9.17) is 15.6 Å². The number of H-pyrrole nitrogens is 1. The average molecular weight is 469 g/mol. The molecule has 0 saturated carbocycles. The van der Waals surface area contributed by atoms with Gasteiger partial charge >= 0.3 is 5.97 Å². The molecule has 9 heteroatoms. The zero-order valence-corrected chi connectivity index (χ0v) is 18.6. The number of aryl methyl sites for hydroxylation is 2. The number of aromatic nitrogens is 1. The quantitative estimate of drug-likeness (QED) is 0.355. The predicted octanol–water partition coefficient (Wildman–Crippen LogP) is 4.63. The number of sulfone groups is 1. The predicted molar refractivity (Wildman–Crippen MR) is 121 cm³/mol. The van der Waals surface area contributed by atoms with E-state index < -0.39 is 27.7 Å². The van der Waals surface area contributed by atoms with Crippen molar-refractivity contribution in [3.63, 3.8) is 0 Å². The molecule has 0 aliphatic rings. The molecule has 0 unspecified atom stereocenters. The van der Waals surface area contributed by atoms with Gasteiger partial charge in [0.25, 0.3) is 0 Å². The maximum Gasteiger partial charge on any atom is 0.325 e. The summed E-state index contributed by atoms with van der Waals surface area (Å²) >= 11 is 0. The highest BCUT2D eigenvalue weighted by Gasteiger charge is 2.23. The summed E-state index contributed by atoms with van der Waals surface area (Å²) in [7, 11) is -3.89. The Bertz CT molecular complexity index is 1450. The van der Waals surface area contributed by atoms with Gasteiger partial charge in [0.2, 0.25) is 9.84 Å². The van der Waals surface area contributed by atoms with Crippen molar-refractivity contribution in [1.82, 2.24) is 4.98 Å². The Morgan fingerprint density at radius 1 is 1.06 bits per heavy atom. The molecule has 0 aliphatic carbocycles. The number of carbonyl (C=O) groups is 1. The van der Waals surface area contributed by atoms with Crippen LogP contribution in [0.5, 0.6) is 11.5 Å². The van der Waals surface area contributed by atoms with Gasteiger partial charge in [0.05, 0.1) is 9.79 Å². The maximum atomic E-state index is 13.3. The Morgan fingerprint density at radius 2 is 1.70 bits per heavy atom. The van der Waals surface area contributed by atoms with Gasteiger partial charge in [-0.2, -0.15) is 0 Å². The fourth-order valence-corrected chi connectivity index (χ4v) is 5.11. The van der Waals surface area contributed by atoms with Crippen molar-refractivity contribution in [2.45, 2.75) is 29.7 Å². The molecule has 4 N–H and O–H groups in total. The second kappa shape index (κ2) is 8.34. The number of carboxylic acids is 1. The lowest BCUT2D eigenvalue weighted by Gasteiger charge is -2.16. The lowest BCUT2D eigenvalue weighted by Crippen LogP contribution is -2.20. The highest BCUT2D eigenvalue weighted by Crippen LogP contribution is 2.35. The van der Waals surface area contributed by atoms with Gasteiger partial charge in [-0.25, -0.2) is 12.8 Å². The topological polar surface area (TPSA) is 122 Å². The normalized spacial score (nSPS) is 12.6. The summed E-state index contributed by atoms with van der Waals surface area (Å²) in [6, 6.07) is 11.8. The number of aromatic amines is 1. The minimum atomic E-state index is -3.89. The highest BCUT2D eigenvalue weighted by atomic mass is 32.2. The molecule has 0 bridgehead atoms. The summed E-state index contributed by atoms with van der Waals surface area (Å²) in [5.74, 6) is -0.729. The lowest BCUT2D eigenvalue weighted by atomic mass is 10.0. The number of hydrogen-bond donors (Lipinski definition) is 3. The van der Waals surface area contributed by atoms with Crippen molar-refractivity contribution in [3.8, 4) is 11.5 Å². The third kappa shape index (κ3) is 4.20. The van der Waals surface area contributed by atoms with E-state index in [1.807, 2.05) is 0 Å². The first-order valence-electron chi connectivity index (χ1n) is 9.97. The zero-order chi connectivity index (χ0) is 23.9. The summed E-state index contributed by atoms with van der Waals surface area (Å²) in [5.41, 5.74) is 8.15. The second-order valence-electron chi connectivity index (χ2n) is 7.72. The summed E-state index contributed by atoms with van der Waals surface area (Å²) in [4.78, 5) is 14.2. The molecule has 4 rings (SSSR count). The van der Waals surface area contributed by atoms with Gasteiger partial charge in [-0.1, -0.05) is 12.1 Å². The van der Waals surface area contributed by atoms with E-state index in [9.17, 15) is 17.6 Å². The number of rotatable bonds is 6. The number of fused-ring (bicyclic) bond motifs is 1. The van der Waals surface area contributed by atoms with Crippen molar-refractivity contribution in [2.75, 3.05) is 0 Å². The third-order valence-electron chi connectivity index (χ3n) is 5.36. The summed E-state index contributed by atoms with van der Waals surface area (Å²) in [6.45, 7) is 3.55. The molecular formula is C24H21FN2O5S. The Hall–Kier alpha value is -3.69. The molecule has 3 aromatic carbocycles. The van der Waals surface area contributed by atoms with Crippen LogP contribution in [0, 0.1) is 19.7 Å². The molecule has 7 nitrogen and oxygen atoms in total. The molecule has 0 amide bonds. The molecule has 33 heavy (non-hydrogen) atoms. The molecule has 170 valence electrons.